The van der Waals surface area contributed by atoms with E-state index in [0.717, 1.165) is 12.6 Å². The fourth-order valence-corrected chi connectivity index (χ4v) is 2.65. The van der Waals surface area contributed by atoms with Gasteiger partial charge >= 0.3 is 0 Å². The molecule has 0 saturated carbocycles. The molecule has 0 amide bonds. The van der Waals surface area contributed by atoms with Crippen LogP contribution in [0.4, 0.5) is 0 Å². The Bertz CT molecular complexity index is 339. The van der Waals surface area contributed by atoms with E-state index in [9.17, 15) is 0 Å². The van der Waals surface area contributed by atoms with Gasteiger partial charge in [-0.05, 0) is 46.4 Å². The molecule has 18 heavy (non-hydrogen) atoms. The minimum Gasteiger partial charge on any atom is -0.309 e. The molecule has 0 aliphatic carbocycles. The molecule has 1 aromatic heterocycles. The molecule has 0 radical (unpaired) electrons. The van der Waals surface area contributed by atoms with Crippen LogP contribution in [0.3, 0.4) is 0 Å². The van der Waals surface area contributed by atoms with E-state index in [2.05, 4.69) is 33.9 Å². The van der Waals surface area contributed by atoms with Crippen LogP contribution in [0.5, 0.6) is 0 Å². The smallest absolute Gasteiger partial charge is 0.115 e. The molecule has 1 aromatic rings. The lowest BCUT2D eigenvalue weighted by molar-refractivity contribution is 0.124. The van der Waals surface area contributed by atoms with Gasteiger partial charge in [-0.2, -0.15) is 0 Å². The molecule has 2 heterocycles. The van der Waals surface area contributed by atoms with Crippen molar-refractivity contribution in [1.29, 1.82) is 0 Å². The Hall–Kier alpha value is -1.00. The highest BCUT2D eigenvalue weighted by Crippen LogP contribution is 2.21. The maximum Gasteiger partial charge on any atom is 0.115 e. The zero-order valence-corrected chi connectivity index (χ0v) is 11.5. The molecule has 4 nitrogen and oxygen atoms in total. The maximum atomic E-state index is 4.10. The quantitative estimate of drug-likeness (QED) is 0.795. The highest BCUT2D eigenvalue weighted by molar-refractivity contribution is 5.02. The van der Waals surface area contributed by atoms with E-state index in [1.165, 1.54) is 44.3 Å². The Balaban J connectivity index is 1.91. The Morgan fingerprint density at radius 2 is 2.06 bits per heavy atom. The molecule has 100 valence electrons. The lowest BCUT2D eigenvalue weighted by Crippen LogP contribution is -2.40. The standard InChI is InChI=1S/C14H24N4/c1-17(2)8-6-14-5-3-4-7-18(14)11-13-9-15-12-16-10-13/h9-10,12,14H,3-8,11H2,1-2H3. The molecule has 1 atom stereocenters. The number of hydrogen-bond donors (Lipinski definition) is 0. The van der Waals surface area contributed by atoms with Gasteiger partial charge in [-0.15, -0.1) is 0 Å². The normalized spacial score (nSPS) is 21.4. The lowest BCUT2D eigenvalue weighted by Gasteiger charge is -2.36. The number of nitrogens with zero attached hydrogens (tertiary/aromatic N) is 4. The van der Waals surface area contributed by atoms with Gasteiger partial charge in [-0.25, -0.2) is 9.97 Å². The van der Waals surface area contributed by atoms with E-state index in [1.807, 2.05) is 12.4 Å². The fraction of sp³-hybridized carbons (Fsp3) is 0.714. The van der Waals surface area contributed by atoms with Crippen LogP contribution in [0.1, 0.15) is 31.2 Å². The topological polar surface area (TPSA) is 32.3 Å². The van der Waals surface area contributed by atoms with Crippen LogP contribution in [0.2, 0.25) is 0 Å². The van der Waals surface area contributed by atoms with Crippen molar-refractivity contribution in [2.45, 2.75) is 38.3 Å². The second kappa shape index (κ2) is 6.81. The molecular weight excluding hydrogens is 224 g/mol. The van der Waals surface area contributed by atoms with Crippen LogP contribution in [-0.2, 0) is 6.54 Å². The van der Waals surface area contributed by atoms with Gasteiger partial charge in [0.05, 0.1) is 0 Å². The summed E-state index contributed by atoms with van der Waals surface area (Å²) in [5.41, 5.74) is 1.23. The molecule has 1 aliphatic heterocycles. The third-order valence-corrected chi connectivity index (χ3v) is 3.66. The minimum absolute atomic E-state index is 0.723. The van der Waals surface area contributed by atoms with Crippen molar-refractivity contribution in [2.24, 2.45) is 0 Å². The summed E-state index contributed by atoms with van der Waals surface area (Å²) in [6.45, 7) is 3.39. The van der Waals surface area contributed by atoms with Crippen LogP contribution < -0.4 is 0 Å². The Morgan fingerprint density at radius 3 is 2.78 bits per heavy atom. The summed E-state index contributed by atoms with van der Waals surface area (Å²) >= 11 is 0. The molecule has 0 spiro atoms. The number of likely N-dealkylation sites (tertiary alicyclic amines) is 1. The van der Waals surface area contributed by atoms with Crippen molar-refractivity contribution in [3.05, 3.63) is 24.3 Å². The Morgan fingerprint density at radius 1 is 1.28 bits per heavy atom. The Kier molecular flexibility index (Phi) is 5.08. The van der Waals surface area contributed by atoms with Crippen LogP contribution in [0, 0.1) is 0 Å². The van der Waals surface area contributed by atoms with Crippen LogP contribution in [0.25, 0.3) is 0 Å². The molecule has 0 aromatic carbocycles. The number of hydrogen-bond acceptors (Lipinski definition) is 4. The largest absolute Gasteiger partial charge is 0.309 e. The lowest BCUT2D eigenvalue weighted by atomic mass is 9.98. The number of rotatable bonds is 5. The van der Waals surface area contributed by atoms with Crippen molar-refractivity contribution in [3.63, 3.8) is 0 Å². The van der Waals surface area contributed by atoms with Gasteiger partial charge < -0.3 is 4.90 Å². The summed E-state index contributed by atoms with van der Waals surface area (Å²) in [6.07, 6.45) is 10.8. The molecule has 2 rings (SSSR count). The zero-order chi connectivity index (χ0) is 12.8. The zero-order valence-electron chi connectivity index (χ0n) is 11.5. The summed E-state index contributed by atoms with van der Waals surface area (Å²) in [5, 5.41) is 0. The fourth-order valence-electron chi connectivity index (χ4n) is 2.65. The molecule has 1 unspecified atom stereocenters. The first-order valence-corrected chi connectivity index (χ1v) is 6.88. The summed E-state index contributed by atoms with van der Waals surface area (Å²) in [7, 11) is 4.30. The van der Waals surface area contributed by atoms with E-state index in [4.69, 9.17) is 0 Å². The van der Waals surface area contributed by atoms with E-state index in [1.54, 1.807) is 6.33 Å². The summed E-state index contributed by atoms with van der Waals surface area (Å²) in [5.74, 6) is 0. The van der Waals surface area contributed by atoms with Gasteiger partial charge in [0.1, 0.15) is 6.33 Å². The van der Waals surface area contributed by atoms with Gasteiger partial charge in [0.2, 0.25) is 0 Å². The summed E-state index contributed by atoms with van der Waals surface area (Å²) in [6, 6.07) is 0.723. The predicted octanol–water partition coefficient (Wildman–Crippen LogP) is 1.78. The van der Waals surface area contributed by atoms with Crippen molar-refractivity contribution in [1.82, 2.24) is 19.8 Å². The van der Waals surface area contributed by atoms with Gasteiger partial charge in [-0.3, -0.25) is 4.90 Å². The Labute approximate surface area is 110 Å². The minimum atomic E-state index is 0.723. The molecule has 4 heteroatoms. The van der Waals surface area contributed by atoms with Gasteiger partial charge in [0.25, 0.3) is 0 Å². The maximum absolute atomic E-state index is 4.10. The summed E-state index contributed by atoms with van der Waals surface area (Å²) in [4.78, 5) is 13.1. The first-order chi connectivity index (χ1) is 8.75. The monoisotopic (exact) mass is 248 g/mol. The van der Waals surface area contributed by atoms with Crippen molar-refractivity contribution < 1.29 is 0 Å². The number of aromatic nitrogens is 2. The average Bonchev–Trinajstić information content (AvgIpc) is 2.39. The SMILES string of the molecule is CN(C)CCC1CCCCN1Cc1cncnc1. The molecule has 0 N–H and O–H groups in total. The second-order valence-electron chi connectivity index (χ2n) is 5.46. The van der Waals surface area contributed by atoms with Gasteiger partial charge in [0, 0.05) is 30.5 Å². The van der Waals surface area contributed by atoms with Crippen LogP contribution >= 0.6 is 0 Å². The third-order valence-electron chi connectivity index (χ3n) is 3.66. The third kappa shape index (κ3) is 4.03. The van der Waals surface area contributed by atoms with E-state index >= 15 is 0 Å². The second-order valence-corrected chi connectivity index (χ2v) is 5.46. The van der Waals surface area contributed by atoms with E-state index in [0.29, 0.717) is 0 Å². The van der Waals surface area contributed by atoms with Crippen molar-refractivity contribution in [2.75, 3.05) is 27.2 Å². The molecule has 1 fully saturated rings. The van der Waals surface area contributed by atoms with E-state index in [-0.39, 0.29) is 0 Å². The highest BCUT2D eigenvalue weighted by atomic mass is 15.2. The predicted molar refractivity (Wildman–Crippen MR) is 73.3 cm³/mol. The van der Waals surface area contributed by atoms with Crippen LogP contribution in [0.15, 0.2) is 18.7 Å². The van der Waals surface area contributed by atoms with Gasteiger partial charge in [-0.1, -0.05) is 6.42 Å². The first-order valence-electron chi connectivity index (χ1n) is 6.88. The van der Waals surface area contributed by atoms with Crippen LogP contribution in [-0.4, -0.2) is 53.0 Å². The molecule has 0 bridgehead atoms. The highest BCUT2D eigenvalue weighted by Gasteiger charge is 2.22. The van der Waals surface area contributed by atoms with Crippen molar-refractivity contribution >= 4 is 0 Å². The molecule has 1 saturated heterocycles. The molecule has 1 aliphatic rings. The first kappa shape index (κ1) is 13.4. The number of piperidine rings is 1. The van der Waals surface area contributed by atoms with Crippen molar-refractivity contribution in [3.8, 4) is 0 Å². The van der Waals surface area contributed by atoms with Gasteiger partial charge in [0.15, 0.2) is 0 Å². The molecular formula is C14H24N4. The average molecular weight is 248 g/mol. The summed E-state index contributed by atoms with van der Waals surface area (Å²) < 4.78 is 0. The van der Waals surface area contributed by atoms with E-state index < -0.39 is 0 Å².